The number of hydrogen-bond donors (Lipinski definition) is 1. The number of benzene rings is 2. The molecule has 2 rings (SSSR count). The van der Waals surface area contributed by atoms with Crippen LogP contribution in [0, 0.1) is 0 Å². The molecule has 1 N–H and O–H groups in total. The van der Waals surface area contributed by atoms with Crippen LogP contribution >= 0.6 is 0 Å². The average molecular weight is 521 g/mol. The maximum atomic E-state index is 13.5. The van der Waals surface area contributed by atoms with Crippen LogP contribution in [0.5, 0.6) is 17.2 Å². The van der Waals surface area contributed by atoms with Crippen molar-refractivity contribution >= 4 is 29.7 Å². The van der Waals surface area contributed by atoms with E-state index in [0.717, 1.165) is 24.3 Å². The number of ether oxygens (including phenoxy) is 3. The van der Waals surface area contributed by atoms with Crippen LogP contribution in [0.2, 0.25) is 0 Å². The summed E-state index contributed by atoms with van der Waals surface area (Å²) in [5, 5.41) is 9.59. The fourth-order valence-electron chi connectivity index (χ4n) is 2.97. The first-order valence-electron chi connectivity index (χ1n) is 11.0. The van der Waals surface area contributed by atoms with E-state index in [1.807, 2.05) is 0 Å². The third-order valence-electron chi connectivity index (χ3n) is 4.55. The molecule has 0 bridgehead atoms. The largest absolute Gasteiger partial charge is 0.504 e. The average Bonchev–Trinajstić information content (AvgIpc) is 2.79. The molecule has 0 saturated carbocycles. The van der Waals surface area contributed by atoms with E-state index in [4.69, 9.17) is 14.2 Å². The fraction of sp³-hybridized carbons (Fsp3) is 0.296. The molecule has 0 amide bonds. The number of alkyl halides is 3. The lowest BCUT2D eigenvalue weighted by molar-refractivity contribution is -0.158. The van der Waals surface area contributed by atoms with Gasteiger partial charge in [-0.2, -0.15) is 13.2 Å². The standard InChI is InChI=1S/C27H27F3O7/c1-26(2,3)37-25(34)16-36-23-12-8-17(13-21(23)27(28,29)30)5-9-19(31)15-20(32)10-6-18-7-11-22(33)24(14-18)35-4/h5-14,33H,15-16H2,1-4H3/b9-5+,10-6+. The number of ketones is 2. The van der Waals surface area contributed by atoms with Gasteiger partial charge in [-0.3, -0.25) is 9.59 Å². The van der Waals surface area contributed by atoms with Crippen molar-refractivity contribution in [3.63, 3.8) is 0 Å². The maximum absolute atomic E-state index is 13.5. The first-order chi connectivity index (χ1) is 17.2. The summed E-state index contributed by atoms with van der Waals surface area (Å²) < 4.78 is 55.6. The zero-order valence-corrected chi connectivity index (χ0v) is 20.7. The Labute approximate surface area is 212 Å². The van der Waals surface area contributed by atoms with Gasteiger partial charge in [-0.15, -0.1) is 0 Å². The van der Waals surface area contributed by atoms with Gasteiger partial charge in [0.25, 0.3) is 0 Å². The topological polar surface area (TPSA) is 99.1 Å². The first kappa shape index (κ1) is 29.2. The molecule has 10 heteroatoms. The molecule has 0 atom stereocenters. The highest BCUT2D eigenvalue weighted by atomic mass is 19.4. The van der Waals surface area contributed by atoms with Gasteiger partial charge in [0.2, 0.25) is 0 Å². The van der Waals surface area contributed by atoms with E-state index in [0.29, 0.717) is 5.56 Å². The number of methoxy groups -OCH3 is 1. The second-order valence-electron chi connectivity index (χ2n) is 8.84. The van der Waals surface area contributed by atoms with Crippen LogP contribution in [0.15, 0.2) is 48.6 Å². The van der Waals surface area contributed by atoms with Gasteiger partial charge >= 0.3 is 12.1 Å². The molecule has 0 unspecified atom stereocenters. The van der Waals surface area contributed by atoms with Gasteiger partial charge in [0.15, 0.2) is 29.7 Å². The number of esters is 1. The van der Waals surface area contributed by atoms with E-state index >= 15 is 0 Å². The summed E-state index contributed by atoms with van der Waals surface area (Å²) in [5.41, 5.74) is -1.34. The van der Waals surface area contributed by atoms with Gasteiger partial charge in [0.05, 0.1) is 19.1 Å². The molecule has 0 spiro atoms. The molecule has 0 radical (unpaired) electrons. The van der Waals surface area contributed by atoms with Gasteiger partial charge in [0.1, 0.15) is 11.4 Å². The summed E-state index contributed by atoms with van der Waals surface area (Å²) in [7, 11) is 1.38. The fourth-order valence-corrected chi connectivity index (χ4v) is 2.97. The Kier molecular flexibility index (Phi) is 9.65. The summed E-state index contributed by atoms with van der Waals surface area (Å²) in [4.78, 5) is 36.0. The van der Waals surface area contributed by atoms with E-state index in [-0.39, 0.29) is 17.1 Å². The Morgan fingerprint density at radius 2 is 1.46 bits per heavy atom. The minimum atomic E-state index is -4.78. The van der Waals surface area contributed by atoms with Crippen LogP contribution in [0.3, 0.4) is 0 Å². The zero-order chi connectivity index (χ0) is 27.8. The number of phenols is 1. The number of allylic oxidation sites excluding steroid dienone is 2. The first-order valence-corrected chi connectivity index (χ1v) is 11.0. The molecule has 37 heavy (non-hydrogen) atoms. The second kappa shape index (κ2) is 12.2. The van der Waals surface area contributed by atoms with Crippen molar-refractivity contribution in [2.75, 3.05) is 13.7 Å². The third-order valence-corrected chi connectivity index (χ3v) is 4.55. The number of carbonyl (C=O) groups is 3. The minimum Gasteiger partial charge on any atom is -0.504 e. The van der Waals surface area contributed by atoms with Gasteiger partial charge in [-0.25, -0.2) is 4.79 Å². The highest BCUT2D eigenvalue weighted by molar-refractivity contribution is 6.10. The summed E-state index contributed by atoms with van der Waals surface area (Å²) in [5.74, 6) is -2.37. The quantitative estimate of drug-likeness (QED) is 0.255. The minimum absolute atomic E-state index is 0.0458. The molecular weight excluding hydrogens is 493 g/mol. The number of phenolic OH excluding ortho intramolecular Hbond substituents is 1. The van der Waals surface area contributed by atoms with Crippen LogP contribution in [0.25, 0.3) is 12.2 Å². The Morgan fingerprint density at radius 3 is 2.00 bits per heavy atom. The van der Waals surface area contributed by atoms with Crippen molar-refractivity contribution in [3.05, 3.63) is 65.2 Å². The highest BCUT2D eigenvalue weighted by Crippen LogP contribution is 2.37. The van der Waals surface area contributed by atoms with E-state index < -0.39 is 53.7 Å². The van der Waals surface area contributed by atoms with Gasteiger partial charge in [-0.05, 0) is 68.3 Å². The lowest BCUT2D eigenvalue weighted by Gasteiger charge is -2.20. The summed E-state index contributed by atoms with van der Waals surface area (Å²) in [6.45, 7) is 4.14. The van der Waals surface area contributed by atoms with Crippen LogP contribution in [0.1, 0.15) is 43.9 Å². The third kappa shape index (κ3) is 9.83. The molecule has 0 aliphatic carbocycles. The molecule has 7 nitrogen and oxygen atoms in total. The van der Waals surface area contributed by atoms with E-state index in [2.05, 4.69) is 0 Å². The SMILES string of the molecule is COc1cc(/C=C/C(=O)CC(=O)/C=C/c2ccc(OCC(=O)OC(C)(C)C)c(C(F)(F)F)c2)ccc1O. The predicted octanol–water partition coefficient (Wildman–Crippen LogP) is 5.40. The molecule has 2 aromatic rings. The zero-order valence-electron chi connectivity index (χ0n) is 20.7. The van der Waals surface area contributed by atoms with Gasteiger partial charge < -0.3 is 19.3 Å². The van der Waals surface area contributed by atoms with E-state index in [1.165, 1.54) is 37.5 Å². The predicted molar refractivity (Wildman–Crippen MR) is 130 cm³/mol. The molecule has 0 aromatic heterocycles. The van der Waals surface area contributed by atoms with Crippen LogP contribution in [-0.2, 0) is 25.3 Å². The Hall–Kier alpha value is -4.08. The van der Waals surface area contributed by atoms with Crippen molar-refractivity contribution in [3.8, 4) is 17.2 Å². The van der Waals surface area contributed by atoms with Crippen molar-refractivity contribution in [2.24, 2.45) is 0 Å². The van der Waals surface area contributed by atoms with Crippen molar-refractivity contribution in [1.29, 1.82) is 0 Å². The van der Waals surface area contributed by atoms with Crippen LogP contribution in [-0.4, -0.2) is 42.0 Å². The lowest BCUT2D eigenvalue weighted by atomic mass is 10.1. The molecule has 0 saturated heterocycles. The number of hydrogen-bond acceptors (Lipinski definition) is 7. The van der Waals surface area contributed by atoms with E-state index in [1.54, 1.807) is 26.8 Å². The Bertz CT molecular complexity index is 1210. The molecule has 0 fully saturated rings. The smallest absolute Gasteiger partial charge is 0.419 e. The molecule has 2 aromatic carbocycles. The van der Waals surface area contributed by atoms with Crippen LogP contribution < -0.4 is 9.47 Å². The number of rotatable bonds is 10. The molecule has 0 heterocycles. The Balaban J connectivity index is 2.05. The summed E-state index contributed by atoms with van der Waals surface area (Å²) in [6.07, 6.45) is -0.508. The van der Waals surface area contributed by atoms with E-state index in [9.17, 15) is 32.7 Å². The molecule has 198 valence electrons. The monoisotopic (exact) mass is 520 g/mol. The molecular formula is C27H27F3O7. The Morgan fingerprint density at radius 1 is 0.892 bits per heavy atom. The van der Waals surface area contributed by atoms with Crippen molar-refractivity contribution < 1.29 is 46.9 Å². The van der Waals surface area contributed by atoms with Gasteiger partial charge in [-0.1, -0.05) is 24.3 Å². The summed E-state index contributed by atoms with van der Waals surface area (Å²) >= 11 is 0. The second-order valence-corrected chi connectivity index (χ2v) is 8.84. The number of halogens is 3. The van der Waals surface area contributed by atoms with Crippen molar-refractivity contribution in [1.82, 2.24) is 0 Å². The van der Waals surface area contributed by atoms with Crippen LogP contribution in [0.4, 0.5) is 13.2 Å². The normalized spacial score (nSPS) is 12.1. The molecule has 0 aliphatic heterocycles. The van der Waals surface area contributed by atoms with Crippen molar-refractivity contribution in [2.45, 2.75) is 39.0 Å². The number of aromatic hydroxyl groups is 1. The highest BCUT2D eigenvalue weighted by Gasteiger charge is 2.35. The molecule has 0 aliphatic rings. The maximum Gasteiger partial charge on any atom is 0.419 e. The number of carbonyl (C=O) groups excluding carboxylic acids is 3. The van der Waals surface area contributed by atoms with Gasteiger partial charge in [0, 0.05) is 0 Å². The summed E-state index contributed by atoms with van der Waals surface area (Å²) in [6, 6.07) is 7.52. The lowest BCUT2D eigenvalue weighted by Crippen LogP contribution is -2.27.